The molecule has 0 aliphatic carbocycles. The van der Waals surface area contributed by atoms with Crippen molar-refractivity contribution in [2.45, 2.75) is 43.6 Å². The summed E-state index contributed by atoms with van der Waals surface area (Å²) in [5, 5.41) is 49.8. The quantitative estimate of drug-likeness (QED) is 0.179. The standard InChI is InChI=1S/C31H32O5/c32-25-12-4-21(5-13-25)30(22-6-14-26(33)15-7-22)3-1-2-29(36)20-31(23-8-16-27(34)17-9-23)24-10-18-28(35)19-11-24/h4-19,29-36H,1-3,20H2. The number of aromatic hydroxyl groups is 4. The van der Waals surface area contributed by atoms with Gasteiger partial charge in [-0.3, -0.25) is 0 Å². The van der Waals surface area contributed by atoms with E-state index in [-0.39, 0.29) is 34.8 Å². The van der Waals surface area contributed by atoms with Crippen LogP contribution in [0.1, 0.15) is 59.8 Å². The van der Waals surface area contributed by atoms with E-state index in [1.165, 1.54) is 0 Å². The first-order valence-corrected chi connectivity index (χ1v) is 12.2. The van der Waals surface area contributed by atoms with E-state index in [2.05, 4.69) is 0 Å². The second kappa shape index (κ2) is 11.6. The van der Waals surface area contributed by atoms with Gasteiger partial charge in [0.25, 0.3) is 0 Å². The van der Waals surface area contributed by atoms with E-state index in [4.69, 9.17) is 0 Å². The summed E-state index contributed by atoms with van der Waals surface area (Å²) in [5.74, 6) is 0.812. The highest BCUT2D eigenvalue weighted by atomic mass is 16.3. The molecule has 5 nitrogen and oxygen atoms in total. The summed E-state index contributed by atoms with van der Waals surface area (Å²) >= 11 is 0. The van der Waals surface area contributed by atoms with Crippen molar-refractivity contribution in [3.63, 3.8) is 0 Å². The van der Waals surface area contributed by atoms with Gasteiger partial charge in [0.15, 0.2) is 0 Å². The topological polar surface area (TPSA) is 101 Å². The van der Waals surface area contributed by atoms with E-state index < -0.39 is 6.10 Å². The smallest absolute Gasteiger partial charge is 0.115 e. The Morgan fingerprint density at radius 1 is 0.417 bits per heavy atom. The van der Waals surface area contributed by atoms with Crippen LogP contribution >= 0.6 is 0 Å². The van der Waals surface area contributed by atoms with E-state index in [1.54, 1.807) is 48.5 Å². The van der Waals surface area contributed by atoms with Crippen LogP contribution in [0.15, 0.2) is 97.1 Å². The monoisotopic (exact) mass is 484 g/mol. The molecule has 1 atom stereocenters. The number of phenolic OH excluding ortho intramolecular Hbond substituents is 4. The molecule has 0 spiro atoms. The summed E-state index contributed by atoms with van der Waals surface area (Å²) in [6.07, 6.45) is 2.16. The first-order valence-electron chi connectivity index (χ1n) is 12.2. The number of hydrogen-bond donors (Lipinski definition) is 5. The second-order valence-electron chi connectivity index (χ2n) is 9.29. The van der Waals surface area contributed by atoms with Crippen molar-refractivity contribution >= 4 is 0 Å². The summed E-state index contributed by atoms with van der Waals surface area (Å²) in [4.78, 5) is 0. The summed E-state index contributed by atoms with van der Waals surface area (Å²) in [6, 6.07) is 28.4. The molecule has 0 aliphatic heterocycles. The predicted octanol–water partition coefficient (Wildman–Crippen LogP) is 6.39. The highest BCUT2D eigenvalue weighted by molar-refractivity contribution is 5.39. The summed E-state index contributed by atoms with van der Waals surface area (Å²) in [7, 11) is 0. The van der Waals surface area contributed by atoms with Gasteiger partial charge in [0.2, 0.25) is 0 Å². The highest BCUT2D eigenvalue weighted by Gasteiger charge is 2.20. The Bertz CT molecular complexity index is 1130. The normalized spacial score (nSPS) is 12.2. The fourth-order valence-corrected chi connectivity index (χ4v) is 4.76. The van der Waals surface area contributed by atoms with Crippen molar-refractivity contribution in [1.82, 2.24) is 0 Å². The Kier molecular flexibility index (Phi) is 8.13. The molecule has 5 heteroatoms. The summed E-state index contributed by atoms with van der Waals surface area (Å²) in [6.45, 7) is 0. The zero-order valence-corrected chi connectivity index (χ0v) is 20.0. The van der Waals surface area contributed by atoms with Gasteiger partial charge in [0, 0.05) is 11.8 Å². The zero-order chi connectivity index (χ0) is 25.5. The molecule has 0 amide bonds. The number of rotatable bonds is 10. The van der Waals surface area contributed by atoms with Gasteiger partial charge in [-0.2, -0.15) is 0 Å². The number of aliphatic hydroxyl groups is 1. The van der Waals surface area contributed by atoms with Gasteiger partial charge in [-0.1, -0.05) is 48.5 Å². The lowest BCUT2D eigenvalue weighted by atomic mass is 9.84. The minimum absolute atomic E-state index is 0.0726. The number of aliphatic hydroxyl groups excluding tert-OH is 1. The van der Waals surface area contributed by atoms with Crippen molar-refractivity contribution in [1.29, 1.82) is 0 Å². The molecule has 0 fully saturated rings. The number of phenols is 4. The molecule has 0 saturated heterocycles. The van der Waals surface area contributed by atoms with E-state index in [9.17, 15) is 25.5 Å². The highest BCUT2D eigenvalue weighted by Crippen LogP contribution is 2.35. The van der Waals surface area contributed by atoms with E-state index in [1.807, 2.05) is 48.5 Å². The lowest BCUT2D eigenvalue weighted by Gasteiger charge is -2.23. The number of benzene rings is 4. The molecule has 0 aliphatic rings. The molecule has 0 heterocycles. The lowest BCUT2D eigenvalue weighted by molar-refractivity contribution is 0.145. The van der Waals surface area contributed by atoms with Crippen LogP contribution in [0.25, 0.3) is 0 Å². The van der Waals surface area contributed by atoms with Gasteiger partial charge in [-0.05, 0) is 96.5 Å². The van der Waals surface area contributed by atoms with Crippen molar-refractivity contribution < 1.29 is 25.5 Å². The molecule has 5 N–H and O–H groups in total. The zero-order valence-electron chi connectivity index (χ0n) is 20.0. The van der Waals surface area contributed by atoms with Crippen molar-refractivity contribution in [2.24, 2.45) is 0 Å². The largest absolute Gasteiger partial charge is 0.508 e. The Morgan fingerprint density at radius 2 is 0.722 bits per heavy atom. The molecule has 0 radical (unpaired) electrons. The molecule has 0 saturated carbocycles. The van der Waals surface area contributed by atoms with Crippen LogP contribution in [0.5, 0.6) is 23.0 Å². The summed E-state index contributed by atoms with van der Waals surface area (Å²) in [5.41, 5.74) is 4.12. The Labute approximate surface area is 211 Å². The van der Waals surface area contributed by atoms with Crippen LogP contribution in [0, 0.1) is 0 Å². The fraction of sp³-hybridized carbons (Fsp3) is 0.226. The average Bonchev–Trinajstić information content (AvgIpc) is 2.88. The van der Waals surface area contributed by atoms with Crippen LogP contribution in [0.2, 0.25) is 0 Å². The van der Waals surface area contributed by atoms with Crippen LogP contribution in [-0.4, -0.2) is 31.6 Å². The van der Waals surface area contributed by atoms with E-state index >= 15 is 0 Å². The van der Waals surface area contributed by atoms with Crippen molar-refractivity contribution in [3.05, 3.63) is 119 Å². The first kappa shape index (κ1) is 25.1. The van der Waals surface area contributed by atoms with Crippen LogP contribution in [0.4, 0.5) is 0 Å². The third-order valence-corrected chi connectivity index (χ3v) is 6.72. The minimum atomic E-state index is -0.544. The Morgan fingerprint density at radius 3 is 1.06 bits per heavy atom. The van der Waals surface area contributed by atoms with Crippen LogP contribution < -0.4 is 0 Å². The molecule has 4 aromatic carbocycles. The van der Waals surface area contributed by atoms with Crippen molar-refractivity contribution in [3.8, 4) is 23.0 Å². The molecular formula is C31H32O5. The van der Waals surface area contributed by atoms with Gasteiger partial charge >= 0.3 is 0 Å². The maximum absolute atomic E-state index is 11.0. The Hall–Kier alpha value is -3.96. The number of hydrogen-bond acceptors (Lipinski definition) is 5. The predicted molar refractivity (Wildman–Crippen MR) is 141 cm³/mol. The molecule has 36 heavy (non-hydrogen) atoms. The van der Waals surface area contributed by atoms with Crippen LogP contribution in [-0.2, 0) is 0 Å². The molecule has 4 rings (SSSR count). The Balaban J connectivity index is 1.46. The molecular weight excluding hydrogens is 452 g/mol. The lowest BCUT2D eigenvalue weighted by Crippen LogP contribution is -2.14. The molecule has 186 valence electrons. The van der Waals surface area contributed by atoms with Crippen LogP contribution in [0.3, 0.4) is 0 Å². The average molecular weight is 485 g/mol. The second-order valence-corrected chi connectivity index (χ2v) is 9.29. The van der Waals surface area contributed by atoms with E-state index in [0.717, 1.165) is 35.1 Å². The minimum Gasteiger partial charge on any atom is -0.508 e. The molecule has 1 unspecified atom stereocenters. The summed E-state index contributed by atoms with van der Waals surface area (Å²) < 4.78 is 0. The maximum atomic E-state index is 11.0. The fourth-order valence-electron chi connectivity index (χ4n) is 4.76. The first-order chi connectivity index (χ1) is 17.4. The third-order valence-electron chi connectivity index (χ3n) is 6.72. The van der Waals surface area contributed by atoms with Gasteiger partial charge in [-0.15, -0.1) is 0 Å². The molecule has 0 bridgehead atoms. The van der Waals surface area contributed by atoms with Gasteiger partial charge in [0.05, 0.1) is 6.10 Å². The van der Waals surface area contributed by atoms with Gasteiger partial charge < -0.3 is 25.5 Å². The molecule has 4 aromatic rings. The van der Waals surface area contributed by atoms with Crippen molar-refractivity contribution in [2.75, 3.05) is 0 Å². The third kappa shape index (κ3) is 6.58. The van der Waals surface area contributed by atoms with E-state index in [0.29, 0.717) is 12.8 Å². The van der Waals surface area contributed by atoms with Gasteiger partial charge in [-0.25, -0.2) is 0 Å². The van der Waals surface area contributed by atoms with Gasteiger partial charge in [0.1, 0.15) is 23.0 Å². The SMILES string of the molecule is Oc1ccc(C(CCCC(O)CC(c2ccc(O)cc2)c2ccc(O)cc2)c2ccc(O)cc2)cc1. The maximum Gasteiger partial charge on any atom is 0.115 e. The molecule has 0 aromatic heterocycles.